The summed E-state index contributed by atoms with van der Waals surface area (Å²) < 4.78 is 0. The van der Waals surface area contributed by atoms with Crippen LogP contribution in [0.1, 0.15) is 39.0 Å². The van der Waals surface area contributed by atoms with Crippen LogP contribution in [0, 0.1) is 5.92 Å². The summed E-state index contributed by atoms with van der Waals surface area (Å²) in [5, 5.41) is 3.57. The van der Waals surface area contributed by atoms with Crippen LogP contribution in [-0.4, -0.2) is 18.1 Å². The molecule has 0 radical (unpaired) electrons. The van der Waals surface area contributed by atoms with Crippen LogP contribution in [0.25, 0.3) is 0 Å². The van der Waals surface area contributed by atoms with Crippen molar-refractivity contribution in [3.8, 4) is 0 Å². The van der Waals surface area contributed by atoms with Crippen molar-refractivity contribution in [1.29, 1.82) is 0 Å². The average molecular weight is 168 g/mol. The highest BCUT2D eigenvalue weighted by Crippen LogP contribution is 2.37. The minimum atomic E-state index is 0.194. The van der Waals surface area contributed by atoms with E-state index in [-0.39, 0.29) is 5.54 Å². The molecule has 0 heterocycles. The predicted molar refractivity (Wildman–Crippen MR) is 51.0 cm³/mol. The Balaban J connectivity index is 1.58. The summed E-state index contributed by atoms with van der Waals surface area (Å²) in [7, 11) is 0. The van der Waals surface area contributed by atoms with E-state index in [0.29, 0.717) is 0 Å². The fraction of sp³-hybridized carbons (Fsp3) is 1.00. The molecule has 2 atom stereocenters. The Bertz CT molecular complexity index is 163. The van der Waals surface area contributed by atoms with Crippen LogP contribution in [0.5, 0.6) is 0 Å². The van der Waals surface area contributed by atoms with Crippen molar-refractivity contribution < 1.29 is 0 Å². The third-order valence-corrected chi connectivity index (χ3v) is 3.19. The first-order valence-electron chi connectivity index (χ1n) is 5.26. The molecule has 2 aliphatic carbocycles. The van der Waals surface area contributed by atoms with Crippen LogP contribution in [0.4, 0.5) is 0 Å². The smallest absolute Gasteiger partial charge is 0.0282 e. The summed E-state index contributed by atoms with van der Waals surface area (Å²) in [5.41, 5.74) is 6.17. The summed E-state index contributed by atoms with van der Waals surface area (Å²) >= 11 is 0. The lowest BCUT2D eigenvalue weighted by atomic mass is 10.2. The second-order valence-corrected chi connectivity index (χ2v) is 4.63. The molecule has 0 bridgehead atoms. The van der Waals surface area contributed by atoms with Crippen molar-refractivity contribution in [3.05, 3.63) is 0 Å². The van der Waals surface area contributed by atoms with Gasteiger partial charge in [-0.05, 0) is 31.6 Å². The Hall–Kier alpha value is -0.0800. The number of nitrogens with two attached hydrogens (primary N) is 1. The largest absolute Gasteiger partial charge is 0.324 e. The highest BCUT2D eigenvalue weighted by Gasteiger charge is 2.42. The fourth-order valence-corrected chi connectivity index (χ4v) is 1.86. The van der Waals surface area contributed by atoms with E-state index in [1.807, 2.05) is 0 Å². The van der Waals surface area contributed by atoms with Crippen molar-refractivity contribution in [3.63, 3.8) is 0 Å². The van der Waals surface area contributed by atoms with Crippen LogP contribution in [0.3, 0.4) is 0 Å². The molecule has 2 saturated carbocycles. The van der Waals surface area contributed by atoms with E-state index in [4.69, 9.17) is 5.73 Å². The van der Waals surface area contributed by atoms with Crippen LogP contribution in [-0.2, 0) is 0 Å². The summed E-state index contributed by atoms with van der Waals surface area (Å²) in [4.78, 5) is 0. The van der Waals surface area contributed by atoms with E-state index < -0.39 is 0 Å². The lowest BCUT2D eigenvalue weighted by molar-refractivity contribution is 0.536. The molecule has 0 aromatic rings. The zero-order chi connectivity index (χ0) is 8.60. The summed E-state index contributed by atoms with van der Waals surface area (Å²) in [6.45, 7) is 3.32. The quantitative estimate of drug-likeness (QED) is 0.648. The first-order chi connectivity index (χ1) is 5.73. The molecule has 2 fully saturated rings. The van der Waals surface area contributed by atoms with Crippen LogP contribution in [0.2, 0.25) is 0 Å². The lowest BCUT2D eigenvalue weighted by Crippen LogP contribution is -2.37. The minimum Gasteiger partial charge on any atom is -0.324 e. The maximum atomic E-state index is 5.98. The highest BCUT2D eigenvalue weighted by atomic mass is 15.0. The zero-order valence-corrected chi connectivity index (χ0v) is 7.97. The van der Waals surface area contributed by atoms with Gasteiger partial charge >= 0.3 is 0 Å². The van der Waals surface area contributed by atoms with E-state index in [1.54, 1.807) is 0 Å². The molecule has 0 aromatic heterocycles. The maximum absolute atomic E-state index is 5.98. The first-order valence-corrected chi connectivity index (χ1v) is 5.26. The molecule has 0 saturated heterocycles. The molecule has 2 rings (SSSR count). The van der Waals surface area contributed by atoms with Crippen LogP contribution >= 0.6 is 0 Å². The summed E-state index contributed by atoms with van der Waals surface area (Å²) in [6, 6.07) is 0.811. The fourth-order valence-electron chi connectivity index (χ4n) is 1.86. The van der Waals surface area contributed by atoms with E-state index in [0.717, 1.165) is 18.5 Å². The van der Waals surface area contributed by atoms with Gasteiger partial charge in [0.15, 0.2) is 0 Å². The average Bonchev–Trinajstić information content (AvgIpc) is 2.89. The molecular formula is C10H20N2. The number of nitrogens with one attached hydrogen (secondary N) is 1. The van der Waals surface area contributed by atoms with Crippen LogP contribution in [0.15, 0.2) is 0 Å². The molecule has 2 nitrogen and oxygen atoms in total. The third kappa shape index (κ3) is 1.99. The Morgan fingerprint density at radius 2 is 2.25 bits per heavy atom. The van der Waals surface area contributed by atoms with Gasteiger partial charge < -0.3 is 11.1 Å². The zero-order valence-electron chi connectivity index (χ0n) is 7.97. The van der Waals surface area contributed by atoms with Gasteiger partial charge in [0.05, 0.1) is 0 Å². The number of hydrogen-bond donors (Lipinski definition) is 2. The van der Waals surface area contributed by atoms with Crippen molar-refractivity contribution >= 4 is 0 Å². The van der Waals surface area contributed by atoms with Gasteiger partial charge in [0.1, 0.15) is 0 Å². The molecule has 2 heteroatoms. The van der Waals surface area contributed by atoms with Gasteiger partial charge in [-0.15, -0.1) is 0 Å². The van der Waals surface area contributed by atoms with Crippen molar-refractivity contribution in [2.75, 3.05) is 6.54 Å². The number of rotatable bonds is 5. The second-order valence-electron chi connectivity index (χ2n) is 4.63. The third-order valence-electron chi connectivity index (χ3n) is 3.19. The van der Waals surface area contributed by atoms with Gasteiger partial charge in [-0.25, -0.2) is 0 Å². The molecule has 2 aliphatic rings. The first kappa shape index (κ1) is 8.52. The standard InChI is InChI=1S/C10H20N2/c1-2-3-8-6-9(8)12-7-10(11)4-5-10/h8-9,12H,2-7,11H2,1H3. The van der Waals surface area contributed by atoms with E-state index in [2.05, 4.69) is 12.2 Å². The van der Waals surface area contributed by atoms with Gasteiger partial charge in [-0.3, -0.25) is 0 Å². The van der Waals surface area contributed by atoms with Gasteiger partial charge in [-0.1, -0.05) is 13.3 Å². The van der Waals surface area contributed by atoms with Gasteiger partial charge in [0, 0.05) is 18.1 Å². The molecular weight excluding hydrogens is 148 g/mol. The number of hydrogen-bond acceptors (Lipinski definition) is 2. The molecule has 3 N–H and O–H groups in total. The van der Waals surface area contributed by atoms with E-state index in [9.17, 15) is 0 Å². The molecule has 0 aromatic carbocycles. The monoisotopic (exact) mass is 168 g/mol. The second kappa shape index (κ2) is 3.00. The molecule has 2 unspecified atom stereocenters. The van der Waals surface area contributed by atoms with Crippen LogP contribution < -0.4 is 11.1 Å². The van der Waals surface area contributed by atoms with Crippen molar-refractivity contribution in [1.82, 2.24) is 5.32 Å². The molecule has 0 aliphatic heterocycles. The Labute approximate surface area is 74.9 Å². The Morgan fingerprint density at radius 3 is 2.83 bits per heavy atom. The van der Waals surface area contributed by atoms with Gasteiger partial charge in [-0.2, -0.15) is 0 Å². The molecule has 70 valence electrons. The van der Waals surface area contributed by atoms with Crippen molar-refractivity contribution in [2.24, 2.45) is 11.7 Å². The molecule has 0 spiro atoms. The molecule has 12 heavy (non-hydrogen) atoms. The normalized spacial score (nSPS) is 36.5. The summed E-state index contributed by atoms with van der Waals surface area (Å²) in [5.74, 6) is 0.970. The topological polar surface area (TPSA) is 38.0 Å². The molecule has 0 amide bonds. The Morgan fingerprint density at radius 1 is 1.50 bits per heavy atom. The predicted octanol–water partition coefficient (Wildman–Crippen LogP) is 1.26. The lowest BCUT2D eigenvalue weighted by Gasteiger charge is -2.09. The maximum Gasteiger partial charge on any atom is 0.0282 e. The minimum absolute atomic E-state index is 0.194. The van der Waals surface area contributed by atoms with Crippen molar-refractivity contribution in [2.45, 2.75) is 50.6 Å². The highest BCUT2D eigenvalue weighted by molar-refractivity contribution is 5.03. The van der Waals surface area contributed by atoms with Gasteiger partial charge in [0.2, 0.25) is 0 Å². The van der Waals surface area contributed by atoms with E-state index >= 15 is 0 Å². The Kier molecular flexibility index (Phi) is 2.13. The summed E-state index contributed by atoms with van der Waals surface area (Å²) in [6.07, 6.45) is 6.58. The SMILES string of the molecule is CCCC1CC1NCC1(N)CC1. The van der Waals surface area contributed by atoms with E-state index in [1.165, 1.54) is 32.1 Å². The van der Waals surface area contributed by atoms with Gasteiger partial charge in [0.25, 0.3) is 0 Å².